The number of hydrogen-bond donors (Lipinski definition) is 2. The minimum Gasteiger partial charge on any atom is -0.423 e. The van der Waals surface area contributed by atoms with Crippen LogP contribution in [0.5, 0.6) is 0 Å². The molecule has 2 N–H and O–H groups in total. The summed E-state index contributed by atoms with van der Waals surface area (Å²) in [5, 5.41) is 19.9. The molecule has 0 aliphatic carbocycles. The van der Waals surface area contributed by atoms with Gasteiger partial charge in [-0.25, -0.2) is 15.0 Å². The van der Waals surface area contributed by atoms with E-state index in [9.17, 15) is 10.0 Å². The van der Waals surface area contributed by atoms with Crippen LogP contribution in [0.1, 0.15) is 0 Å². The van der Waals surface area contributed by atoms with Crippen LogP contribution in [0.15, 0.2) is 109 Å². The first-order valence-electron chi connectivity index (χ1n) is 10.6. The van der Waals surface area contributed by atoms with Gasteiger partial charge in [-0.1, -0.05) is 103 Å². The fourth-order valence-electron chi connectivity index (χ4n) is 3.66. The summed E-state index contributed by atoms with van der Waals surface area (Å²) in [4.78, 5) is 14.2. The van der Waals surface area contributed by atoms with Gasteiger partial charge in [-0.05, 0) is 22.7 Å². The van der Waals surface area contributed by atoms with Crippen molar-refractivity contribution < 1.29 is 10.0 Å². The van der Waals surface area contributed by atoms with Gasteiger partial charge in [0.25, 0.3) is 0 Å². The standard InChI is InChI=1S/C27H20BN3O2/c32-28(33)24-17-22(19-10-4-1-5-11-19)16-23(18-24)27-30-25(20-12-6-2-7-13-20)29-26(31-27)21-14-8-3-9-15-21/h1-18,32-33H. The molecule has 6 heteroatoms. The Morgan fingerprint density at radius 2 is 0.818 bits per heavy atom. The highest BCUT2D eigenvalue weighted by atomic mass is 16.4. The summed E-state index contributed by atoms with van der Waals surface area (Å²) in [7, 11) is -1.61. The zero-order valence-electron chi connectivity index (χ0n) is 17.7. The Morgan fingerprint density at radius 3 is 1.27 bits per heavy atom. The lowest BCUT2D eigenvalue weighted by atomic mass is 9.78. The van der Waals surface area contributed by atoms with Crippen LogP contribution in [0.4, 0.5) is 0 Å². The number of rotatable bonds is 5. The van der Waals surface area contributed by atoms with E-state index in [1.54, 1.807) is 12.1 Å². The summed E-state index contributed by atoms with van der Waals surface area (Å²) in [6, 6.07) is 34.7. The highest BCUT2D eigenvalue weighted by Gasteiger charge is 2.17. The van der Waals surface area contributed by atoms with E-state index in [0.717, 1.165) is 22.3 Å². The maximum atomic E-state index is 9.93. The molecule has 158 valence electrons. The van der Waals surface area contributed by atoms with Crippen molar-refractivity contribution in [2.75, 3.05) is 0 Å². The summed E-state index contributed by atoms with van der Waals surface area (Å²) in [6.07, 6.45) is 0. The Hall–Kier alpha value is -4.13. The molecule has 0 fully saturated rings. The van der Waals surface area contributed by atoms with Crippen LogP contribution in [-0.4, -0.2) is 32.1 Å². The first-order chi connectivity index (χ1) is 16.2. The molecule has 0 saturated heterocycles. The summed E-state index contributed by atoms with van der Waals surface area (Å²) >= 11 is 0. The predicted octanol–water partition coefficient (Wildman–Crippen LogP) is 4.22. The van der Waals surface area contributed by atoms with Crippen molar-refractivity contribution in [1.29, 1.82) is 0 Å². The van der Waals surface area contributed by atoms with Gasteiger partial charge in [0, 0.05) is 16.7 Å². The van der Waals surface area contributed by atoms with Crippen molar-refractivity contribution >= 4 is 12.6 Å². The van der Waals surface area contributed by atoms with Gasteiger partial charge >= 0.3 is 7.12 Å². The zero-order chi connectivity index (χ0) is 22.6. The zero-order valence-corrected chi connectivity index (χ0v) is 17.7. The maximum Gasteiger partial charge on any atom is 0.488 e. The Bertz CT molecular complexity index is 1320. The molecule has 0 unspecified atom stereocenters. The Balaban J connectivity index is 1.72. The van der Waals surface area contributed by atoms with Crippen LogP contribution in [0, 0.1) is 0 Å². The van der Waals surface area contributed by atoms with Gasteiger partial charge in [-0.15, -0.1) is 0 Å². The quantitative estimate of drug-likeness (QED) is 0.409. The molecule has 0 atom stereocenters. The second-order valence-corrected chi connectivity index (χ2v) is 7.62. The van der Waals surface area contributed by atoms with Crippen molar-refractivity contribution in [3.63, 3.8) is 0 Å². The van der Waals surface area contributed by atoms with Crippen LogP contribution in [0.3, 0.4) is 0 Å². The topological polar surface area (TPSA) is 79.1 Å². The molecule has 5 rings (SSSR count). The maximum absolute atomic E-state index is 9.93. The fourth-order valence-corrected chi connectivity index (χ4v) is 3.66. The number of aromatic nitrogens is 3. The number of hydrogen-bond acceptors (Lipinski definition) is 5. The molecule has 33 heavy (non-hydrogen) atoms. The van der Waals surface area contributed by atoms with Gasteiger partial charge in [0.1, 0.15) is 0 Å². The monoisotopic (exact) mass is 429 g/mol. The van der Waals surface area contributed by atoms with Crippen LogP contribution >= 0.6 is 0 Å². The average molecular weight is 429 g/mol. The van der Waals surface area contributed by atoms with Gasteiger partial charge in [0.05, 0.1) is 0 Å². The van der Waals surface area contributed by atoms with E-state index in [4.69, 9.17) is 15.0 Å². The normalized spacial score (nSPS) is 10.7. The second-order valence-electron chi connectivity index (χ2n) is 7.62. The molecular formula is C27H20BN3O2. The molecule has 5 aromatic rings. The largest absolute Gasteiger partial charge is 0.488 e. The van der Waals surface area contributed by atoms with E-state index < -0.39 is 7.12 Å². The number of benzene rings is 4. The van der Waals surface area contributed by atoms with Crippen LogP contribution in [-0.2, 0) is 0 Å². The van der Waals surface area contributed by atoms with Gasteiger partial charge in [0.15, 0.2) is 17.5 Å². The lowest BCUT2D eigenvalue weighted by Gasteiger charge is -2.12. The minimum atomic E-state index is -1.61. The van der Waals surface area contributed by atoms with Crippen molar-refractivity contribution in [2.45, 2.75) is 0 Å². The molecule has 0 saturated carbocycles. The third-order valence-corrected chi connectivity index (χ3v) is 5.32. The van der Waals surface area contributed by atoms with E-state index in [2.05, 4.69) is 0 Å². The van der Waals surface area contributed by atoms with E-state index in [0.29, 0.717) is 28.5 Å². The van der Waals surface area contributed by atoms with E-state index in [1.165, 1.54) is 0 Å². The van der Waals surface area contributed by atoms with Crippen LogP contribution in [0.2, 0.25) is 0 Å². The summed E-state index contributed by atoms with van der Waals surface area (Å²) in [6.45, 7) is 0. The molecule has 1 aromatic heterocycles. The molecule has 0 spiro atoms. The highest BCUT2D eigenvalue weighted by molar-refractivity contribution is 6.58. The first-order valence-corrected chi connectivity index (χ1v) is 10.6. The summed E-state index contributed by atoms with van der Waals surface area (Å²) in [5.41, 5.74) is 4.60. The van der Waals surface area contributed by atoms with Gasteiger partial charge in [-0.2, -0.15) is 0 Å². The van der Waals surface area contributed by atoms with Crippen LogP contribution in [0.25, 0.3) is 45.3 Å². The third kappa shape index (κ3) is 4.57. The van der Waals surface area contributed by atoms with Crippen LogP contribution < -0.4 is 5.46 Å². The smallest absolute Gasteiger partial charge is 0.423 e. The van der Waals surface area contributed by atoms with Gasteiger partial charge in [0.2, 0.25) is 0 Å². The minimum absolute atomic E-state index is 0.370. The highest BCUT2D eigenvalue weighted by Crippen LogP contribution is 2.27. The van der Waals surface area contributed by atoms with Crippen molar-refractivity contribution in [2.24, 2.45) is 0 Å². The fraction of sp³-hybridized carbons (Fsp3) is 0. The van der Waals surface area contributed by atoms with E-state index in [-0.39, 0.29) is 0 Å². The summed E-state index contributed by atoms with van der Waals surface area (Å²) in [5.74, 6) is 1.56. The lowest BCUT2D eigenvalue weighted by Crippen LogP contribution is -2.30. The Morgan fingerprint density at radius 1 is 0.424 bits per heavy atom. The van der Waals surface area contributed by atoms with Gasteiger partial charge < -0.3 is 10.0 Å². The van der Waals surface area contributed by atoms with E-state index in [1.807, 2.05) is 97.1 Å². The molecule has 4 aromatic carbocycles. The molecule has 0 radical (unpaired) electrons. The predicted molar refractivity (Wildman–Crippen MR) is 131 cm³/mol. The molecule has 1 heterocycles. The third-order valence-electron chi connectivity index (χ3n) is 5.32. The summed E-state index contributed by atoms with van der Waals surface area (Å²) < 4.78 is 0. The average Bonchev–Trinajstić information content (AvgIpc) is 2.89. The van der Waals surface area contributed by atoms with E-state index >= 15 is 0 Å². The van der Waals surface area contributed by atoms with Crippen molar-refractivity contribution in [3.8, 4) is 45.3 Å². The molecule has 0 aliphatic heterocycles. The lowest BCUT2D eigenvalue weighted by molar-refractivity contribution is 0.426. The second kappa shape index (κ2) is 9.16. The SMILES string of the molecule is OB(O)c1cc(-c2ccccc2)cc(-c2nc(-c3ccccc3)nc(-c3ccccc3)n2)c1. The molecule has 5 nitrogen and oxygen atoms in total. The van der Waals surface area contributed by atoms with Crippen molar-refractivity contribution in [1.82, 2.24) is 15.0 Å². The van der Waals surface area contributed by atoms with Crippen molar-refractivity contribution in [3.05, 3.63) is 109 Å². The molecular weight excluding hydrogens is 409 g/mol. The molecule has 0 bridgehead atoms. The molecule has 0 aliphatic rings. The number of nitrogens with zero attached hydrogens (tertiary/aromatic N) is 3. The Kier molecular flexibility index (Phi) is 5.76. The van der Waals surface area contributed by atoms with Gasteiger partial charge in [-0.3, -0.25) is 0 Å². The first kappa shape index (κ1) is 20.8. The molecule has 0 amide bonds. The Labute approximate surface area is 192 Å².